The molecule has 0 amide bonds. The molecular weight excluding hydrogens is 268 g/mol. The van der Waals surface area contributed by atoms with Crippen LogP contribution in [0.2, 0.25) is 0 Å². The number of likely N-dealkylation sites (tertiary alicyclic amines) is 1. The SMILES string of the molecule is CCN1CCCC(NS(=O)(=O)CCCC(=O)OC)C1. The minimum Gasteiger partial charge on any atom is -0.469 e. The molecule has 112 valence electrons. The van der Waals surface area contributed by atoms with Crippen LogP contribution < -0.4 is 4.72 Å². The van der Waals surface area contributed by atoms with Crippen molar-refractivity contribution in [2.75, 3.05) is 32.5 Å². The predicted molar refractivity (Wildman–Crippen MR) is 73.3 cm³/mol. The molecule has 1 fully saturated rings. The average molecular weight is 292 g/mol. The zero-order valence-corrected chi connectivity index (χ0v) is 12.5. The first kappa shape index (κ1) is 16.4. The molecule has 0 radical (unpaired) electrons. The molecule has 0 aromatic rings. The molecule has 1 saturated heterocycles. The highest BCUT2D eigenvalue weighted by atomic mass is 32.2. The molecule has 0 aliphatic carbocycles. The van der Waals surface area contributed by atoms with Gasteiger partial charge in [-0.05, 0) is 32.4 Å². The van der Waals surface area contributed by atoms with Gasteiger partial charge in [-0.15, -0.1) is 0 Å². The molecule has 1 atom stereocenters. The van der Waals surface area contributed by atoms with Gasteiger partial charge in [-0.3, -0.25) is 4.79 Å². The molecule has 1 heterocycles. The Morgan fingerprint density at radius 3 is 2.84 bits per heavy atom. The molecule has 1 N–H and O–H groups in total. The number of ether oxygens (including phenoxy) is 1. The summed E-state index contributed by atoms with van der Waals surface area (Å²) in [6.07, 6.45) is 2.34. The maximum absolute atomic E-state index is 11.9. The van der Waals surface area contributed by atoms with Gasteiger partial charge >= 0.3 is 5.97 Å². The van der Waals surface area contributed by atoms with E-state index in [9.17, 15) is 13.2 Å². The van der Waals surface area contributed by atoms with Gasteiger partial charge < -0.3 is 9.64 Å². The smallest absolute Gasteiger partial charge is 0.305 e. The Labute approximate surface area is 115 Å². The second kappa shape index (κ2) is 7.81. The van der Waals surface area contributed by atoms with Crippen molar-refractivity contribution < 1.29 is 17.9 Å². The third-order valence-electron chi connectivity index (χ3n) is 3.32. The van der Waals surface area contributed by atoms with Crippen LogP contribution in [-0.2, 0) is 19.6 Å². The molecule has 0 bridgehead atoms. The van der Waals surface area contributed by atoms with E-state index in [1.807, 2.05) is 0 Å². The van der Waals surface area contributed by atoms with Crippen molar-refractivity contribution in [1.29, 1.82) is 0 Å². The van der Waals surface area contributed by atoms with Gasteiger partial charge in [-0.2, -0.15) is 0 Å². The van der Waals surface area contributed by atoms with Gasteiger partial charge in [0, 0.05) is 19.0 Å². The van der Waals surface area contributed by atoms with E-state index in [1.54, 1.807) is 0 Å². The van der Waals surface area contributed by atoms with Crippen LogP contribution in [0.15, 0.2) is 0 Å². The molecule has 1 unspecified atom stereocenters. The first-order valence-corrected chi connectivity index (χ1v) is 8.41. The van der Waals surface area contributed by atoms with Crippen molar-refractivity contribution in [2.45, 2.75) is 38.6 Å². The van der Waals surface area contributed by atoms with E-state index in [0.29, 0.717) is 6.42 Å². The van der Waals surface area contributed by atoms with Gasteiger partial charge in [0.25, 0.3) is 0 Å². The third-order valence-corrected chi connectivity index (χ3v) is 4.84. The summed E-state index contributed by atoms with van der Waals surface area (Å²) in [7, 11) is -2.00. The van der Waals surface area contributed by atoms with Gasteiger partial charge in [-0.25, -0.2) is 13.1 Å². The summed E-state index contributed by atoms with van der Waals surface area (Å²) in [6.45, 7) is 4.83. The molecule has 0 saturated carbocycles. The predicted octanol–water partition coefficient (Wildman–Crippen LogP) is 0.343. The number of hydrogen-bond acceptors (Lipinski definition) is 5. The Balaban J connectivity index is 2.35. The summed E-state index contributed by atoms with van der Waals surface area (Å²) in [5.41, 5.74) is 0. The second-order valence-electron chi connectivity index (χ2n) is 4.85. The van der Waals surface area contributed by atoms with E-state index >= 15 is 0 Å². The number of esters is 1. The van der Waals surface area contributed by atoms with Crippen LogP contribution in [-0.4, -0.2) is 57.8 Å². The summed E-state index contributed by atoms with van der Waals surface area (Å²) in [5.74, 6) is -0.393. The lowest BCUT2D eigenvalue weighted by molar-refractivity contribution is -0.140. The Kier molecular flexibility index (Phi) is 6.74. The van der Waals surface area contributed by atoms with Crippen molar-refractivity contribution >= 4 is 16.0 Å². The molecule has 0 spiro atoms. The quantitative estimate of drug-likeness (QED) is 0.685. The molecule has 1 aliphatic rings. The van der Waals surface area contributed by atoms with E-state index in [-0.39, 0.29) is 24.2 Å². The Morgan fingerprint density at radius 2 is 2.21 bits per heavy atom. The van der Waals surface area contributed by atoms with Crippen LogP contribution in [0, 0.1) is 0 Å². The van der Waals surface area contributed by atoms with Gasteiger partial charge in [0.05, 0.1) is 12.9 Å². The summed E-state index contributed by atoms with van der Waals surface area (Å²) < 4.78 is 31.0. The minimum atomic E-state index is -3.30. The third kappa shape index (κ3) is 6.35. The number of hydrogen-bond donors (Lipinski definition) is 1. The summed E-state index contributed by atoms with van der Waals surface area (Å²) in [6, 6.07) is -0.00294. The first-order chi connectivity index (χ1) is 8.96. The fraction of sp³-hybridized carbons (Fsp3) is 0.917. The normalized spacial score (nSPS) is 21.3. The number of carbonyl (C=O) groups excluding carboxylic acids is 1. The lowest BCUT2D eigenvalue weighted by Crippen LogP contribution is -2.48. The second-order valence-corrected chi connectivity index (χ2v) is 6.72. The first-order valence-electron chi connectivity index (χ1n) is 6.76. The Bertz CT molecular complexity index is 383. The van der Waals surface area contributed by atoms with Crippen molar-refractivity contribution in [1.82, 2.24) is 9.62 Å². The zero-order chi connectivity index (χ0) is 14.3. The molecule has 0 aromatic carbocycles. The van der Waals surface area contributed by atoms with Crippen molar-refractivity contribution in [3.8, 4) is 0 Å². The Hall–Kier alpha value is -0.660. The standard InChI is InChI=1S/C12H24N2O4S/c1-3-14-8-4-6-11(10-14)13-19(16,17)9-5-7-12(15)18-2/h11,13H,3-10H2,1-2H3. The number of nitrogens with zero attached hydrogens (tertiary/aromatic N) is 1. The van der Waals surface area contributed by atoms with Crippen LogP contribution in [0.1, 0.15) is 32.6 Å². The molecular formula is C12H24N2O4S. The van der Waals surface area contributed by atoms with E-state index < -0.39 is 10.0 Å². The number of piperidine rings is 1. The molecule has 0 aromatic heterocycles. The number of rotatable bonds is 7. The van der Waals surface area contributed by atoms with E-state index in [4.69, 9.17) is 0 Å². The molecule has 1 rings (SSSR count). The zero-order valence-electron chi connectivity index (χ0n) is 11.7. The highest BCUT2D eigenvalue weighted by molar-refractivity contribution is 7.89. The van der Waals surface area contributed by atoms with Crippen molar-refractivity contribution in [2.24, 2.45) is 0 Å². The van der Waals surface area contributed by atoms with Crippen molar-refractivity contribution in [3.63, 3.8) is 0 Å². The Morgan fingerprint density at radius 1 is 1.47 bits per heavy atom. The fourth-order valence-electron chi connectivity index (χ4n) is 2.26. The van der Waals surface area contributed by atoms with E-state index in [2.05, 4.69) is 21.3 Å². The van der Waals surface area contributed by atoms with Crippen LogP contribution in [0.5, 0.6) is 0 Å². The number of methoxy groups -OCH3 is 1. The monoisotopic (exact) mass is 292 g/mol. The van der Waals surface area contributed by atoms with E-state index in [1.165, 1.54) is 7.11 Å². The lowest BCUT2D eigenvalue weighted by atomic mass is 10.1. The number of nitrogens with one attached hydrogen (secondary N) is 1. The highest BCUT2D eigenvalue weighted by Gasteiger charge is 2.23. The van der Waals surface area contributed by atoms with Crippen molar-refractivity contribution in [3.05, 3.63) is 0 Å². The van der Waals surface area contributed by atoms with Gasteiger partial charge in [0.15, 0.2) is 0 Å². The molecule has 7 heteroatoms. The maximum Gasteiger partial charge on any atom is 0.305 e. The number of carbonyl (C=O) groups is 1. The summed E-state index contributed by atoms with van der Waals surface area (Å²) in [4.78, 5) is 13.2. The van der Waals surface area contributed by atoms with Crippen LogP contribution in [0.25, 0.3) is 0 Å². The molecule has 6 nitrogen and oxygen atoms in total. The van der Waals surface area contributed by atoms with Crippen LogP contribution in [0.3, 0.4) is 0 Å². The minimum absolute atomic E-state index is 0.00294. The average Bonchev–Trinajstić information content (AvgIpc) is 2.37. The van der Waals surface area contributed by atoms with E-state index in [0.717, 1.165) is 32.5 Å². The molecule has 1 aliphatic heterocycles. The van der Waals surface area contributed by atoms with Crippen LogP contribution >= 0.6 is 0 Å². The topological polar surface area (TPSA) is 75.7 Å². The van der Waals surface area contributed by atoms with Gasteiger partial charge in [-0.1, -0.05) is 6.92 Å². The van der Waals surface area contributed by atoms with Gasteiger partial charge in [0.1, 0.15) is 0 Å². The summed E-state index contributed by atoms with van der Waals surface area (Å²) >= 11 is 0. The number of sulfonamides is 1. The number of likely N-dealkylation sites (N-methyl/N-ethyl adjacent to an activating group) is 1. The largest absolute Gasteiger partial charge is 0.469 e. The van der Waals surface area contributed by atoms with Crippen LogP contribution in [0.4, 0.5) is 0 Å². The maximum atomic E-state index is 11.9. The van der Waals surface area contributed by atoms with Gasteiger partial charge in [0.2, 0.25) is 10.0 Å². The summed E-state index contributed by atoms with van der Waals surface area (Å²) in [5, 5.41) is 0. The fourth-order valence-corrected chi connectivity index (χ4v) is 3.60. The molecule has 19 heavy (non-hydrogen) atoms. The lowest BCUT2D eigenvalue weighted by Gasteiger charge is -2.32. The highest BCUT2D eigenvalue weighted by Crippen LogP contribution is 2.11.